The fraction of sp³-hybridized carbons (Fsp3) is 0.625. The van der Waals surface area contributed by atoms with Crippen LogP contribution in [-0.4, -0.2) is 42.0 Å². The Morgan fingerprint density at radius 3 is 2.82 bits per heavy atom. The Labute approximate surface area is 67.0 Å². The molecule has 2 amide bonds. The summed E-state index contributed by atoms with van der Waals surface area (Å²) >= 11 is 0. The lowest BCUT2D eigenvalue weighted by atomic mass is 10.3. The van der Waals surface area contributed by atoms with Gasteiger partial charge in [0.05, 0.1) is 6.54 Å². The normalized spacial score (nSPS) is 24.1. The van der Waals surface area contributed by atoms with Gasteiger partial charge in [-0.1, -0.05) is 5.92 Å². The van der Waals surface area contributed by atoms with Gasteiger partial charge in [0.15, 0.2) is 0 Å². The third-order valence-corrected chi connectivity index (χ3v) is 1.90. The van der Waals surface area contributed by atoms with E-state index in [1.807, 2.05) is 6.92 Å². The topological polar surface area (TPSA) is 23.6 Å². The highest BCUT2D eigenvalue weighted by molar-refractivity contribution is 5.77. The Hall–Kier alpha value is -1.17. The quantitative estimate of drug-likeness (QED) is 0.498. The molecule has 0 N–H and O–H groups in total. The largest absolute Gasteiger partial charge is 0.326 e. The molecule has 1 saturated heterocycles. The highest BCUT2D eigenvalue weighted by Gasteiger charge is 2.30. The van der Waals surface area contributed by atoms with Crippen LogP contribution in [0, 0.1) is 12.3 Å². The molecule has 3 nitrogen and oxygen atoms in total. The van der Waals surface area contributed by atoms with Crippen LogP contribution in [0.5, 0.6) is 0 Å². The molecule has 3 heteroatoms. The van der Waals surface area contributed by atoms with E-state index >= 15 is 0 Å². The Balaban J connectivity index is 2.65. The van der Waals surface area contributed by atoms with E-state index in [0.717, 1.165) is 6.54 Å². The second-order valence-electron chi connectivity index (χ2n) is 2.84. The molecule has 60 valence electrons. The number of rotatable bonds is 1. The summed E-state index contributed by atoms with van der Waals surface area (Å²) in [6.45, 7) is 3.20. The van der Waals surface area contributed by atoms with E-state index < -0.39 is 0 Å². The van der Waals surface area contributed by atoms with Crippen LogP contribution in [0.2, 0.25) is 0 Å². The Kier molecular flexibility index (Phi) is 2.04. The molecule has 1 aliphatic heterocycles. The SMILES string of the molecule is C#CCN1C(=O)N(C)CC1C. The maximum absolute atomic E-state index is 11.3. The van der Waals surface area contributed by atoms with Crippen LogP contribution in [0.4, 0.5) is 4.79 Å². The maximum atomic E-state index is 11.3. The molecular weight excluding hydrogens is 140 g/mol. The van der Waals surface area contributed by atoms with Crippen molar-refractivity contribution >= 4 is 6.03 Å². The van der Waals surface area contributed by atoms with E-state index in [4.69, 9.17) is 6.42 Å². The summed E-state index contributed by atoms with van der Waals surface area (Å²) in [4.78, 5) is 14.6. The predicted octanol–water partition coefficient (Wildman–Crippen LogP) is 0.376. The molecule has 1 atom stereocenters. The minimum atomic E-state index is 0.0375. The lowest BCUT2D eigenvalue weighted by molar-refractivity contribution is 0.198. The van der Waals surface area contributed by atoms with Crippen LogP contribution < -0.4 is 0 Å². The number of nitrogens with zero attached hydrogens (tertiary/aromatic N) is 2. The first-order valence-electron chi connectivity index (χ1n) is 3.62. The molecule has 0 radical (unpaired) electrons. The molecule has 1 fully saturated rings. The molecule has 1 unspecified atom stereocenters. The van der Waals surface area contributed by atoms with Gasteiger partial charge >= 0.3 is 6.03 Å². The first-order chi connectivity index (χ1) is 5.16. The molecule has 0 saturated carbocycles. The minimum absolute atomic E-state index is 0.0375. The van der Waals surface area contributed by atoms with Gasteiger partial charge in [-0.05, 0) is 6.92 Å². The third kappa shape index (κ3) is 1.30. The minimum Gasteiger partial charge on any atom is -0.326 e. The van der Waals surface area contributed by atoms with Crippen molar-refractivity contribution in [2.75, 3.05) is 20.1 Å². The van der Waals surface area contributed by atoms with Crippen molar-refractivity contribution < 1.29 is 4.79 Å². The zero-order valence-corrected chi connectivity index (χ0v) is 6.87. The number of carbonyl (C=O) groups excluding carboxylic acids is 1. The second kappa shape index (κ2) is 2.83. The zero-order chi connectivity index (χ0) is 8.43. The first-order valence-corrected chi connectivity index (χ1v) is 3.62. The van der Waals surface area contributed by atoms with Gasteiger partial charge in [-0.3, -0.25) is 0 Å². The summed E-state index contributed by atoms with van der Waals surface area (Å²) in [6.07, 6.45) is 5.12. The highest BCUT2D eigenvalue weighted by atomic mass is 16.2. The Bertz CT molecular complexity index is 207. The van der Waals surface area contributed by atoms with Gasteiger partial charge in [-0.15, -0.1) is 6.42 Å². The van der Waals surface area contributed by atoms with Crippen molar-refractivity contribution in [3.63, 3.8) is 0 Å². The smallest absolute Gasteiger partial charge is 0.320 e. The Morgan fingerprint density at radius 1 is 1.82 bits per heavy atom. The van der Waals surface area contributed by atoms with Crippen LogP contribution in [-0.2, 0) is 0 Å². The number of hydrogen-bond donors (Lipinski definition) is 0. The van der Waals surface area contributed by atoms with Gasteiger partial charge in [-0.2, -0.15) is 0 Å². The average Bonchev–Trinajstić information content (AvgIpc) is 2.17. The van der Waals surface area contributed by atoms with Crippen molar-refractivity contribution in [1.29, 1.82) is 0 Å². The third-order valence-electron chi connectivity index (χ3n) is 1.90. The molecule has 1 rings (SSSR count). The maximum Gasteiger partial charge on any atom is 0.320 e. The highest BCUT2D eigenvalue weighted by Crippen LogP contribution is 2.12. The van der Waals surface area contributed by atoms with Crippen molar-refractivity contribution in [1.82, 2.24) is 9.80 Å². The van der Waals surface area contributed by atoms with Crippen molar-refractivity contribution in [2.45, 2.75) is 13.0 Å². The number of amides is 2. The van der Waals surface area contributed by atoms with E-state index in [-0.39, 0.29) is 12.1 Å². The van der Waals surface area contributed by atoms with E-state index in [1.54, 1.807) is 16.8 Å². The first kappa shape index (κ1) is 7.93. The molecule has 0 aromatic heterocycles. The van der Waals surface area contributed by atoms with Gasteiger partial charge in [0, 0.05) is 19.6 Å². The monoisotopic (exact) mass is 152 g/mol. The zero-order valence-electron chi connectivity index (χ0n) is 6.87. The summed E-state index contributed by atoms with van der Waals surface area (Å²) in [7, 11) is 1.79. The van der Waals surface area contributed by atoms with Crippen LogP contribution >= 0.6 is 0 Å². The standard InChI is InChI=1S/C8H12N2O/c1-4-5-10-7(2)6-9(3)8(10)11/h1,7H,5-6H2,2-3H3. The van der Waals surface area contributed by atoms with E-state index in [2.05, 4.69) is 5.92 Å². The summed E-state index contributed by atoms with van der Waals surface area (Å²) in [5.74, 6) is 2.47. The molecule has 0 aliphatic carbocycles. The molecule has 0 spiro atoms. The Morgan fingerprint density at radius 2 is 2.45 bits per heavy atom. The molecule has 11 heavy (non-hydrogen) atoms. The molecule has 1 aliphatic rings. The van der Waals surface area contributed by atoms with Gasteiger partial charge in [0.2, 0.25) is 0 Å². The van der Waals surface area contributed by atoms with Crippen LogP contribution in [0.25, 0.3) is 0 Å². The summed E-state index contributed by atoms with van der Waals surface area (Å²) < 4.78 is 0. The van der Waals surface area contributed by atoms with Gasteiger partial charge in [0.1, 0.15) is 0 Å². The van der Waals surface area contributed by atoms with Crippen molar-refractivity contribution in [3.05, 3.63) is 0 Å². The van der Waals surface area contributed by atoms with Gasteiger partial charge < -0.3 is 9.80 Å². The molecule has 0 bridgehead atoms. The number of hydrogen-bond acceptors (Lipinski definition) is 1. The van der Waals surface area contributed by atoms with Gasteiger partial charge in [0.25, 0.3) is 0 Å². The predicted molar refractivity (Wildman–Crippen MR) is 43.0 cm³/mol. The number of urea groups is 1. The summed E-state index contributed by atoms with van der Waals surface area (Å²) in [5, 5.41) is 0. The van der Waals surface area contributed by atoms with E-state index in [1.165, 1.54) is 0 Å². The second-order valence-corrected chi connectivity index (χ2v) is 2.84. The average molecular weight is 152 g/mol. The number of likely N-dealkylation sites (N-methyl/N-ethyl adjacent to an activating group) is 1. The van der Waals surface area contributed by atoms with E-state index in [0.29, 0.717) is 6.54 Å². The molecule has 1 heterocycles. The van der Waals surface area contributed by atoms with Crippen LogP contribution in [0.15, 0.2) is 0 Å². The number of terminal acetylenes is 1. The van der Waals surface area contributed by atoms with Gasteiger partial charge in [-0.25, -0.2) is 4.79 Å². The summed E-state index contributed by atoms with van der Waals surface area (Å²) in [6, 6.07) is 0.291. The number of carbonyl (C=O) groups is 1. The molecule has 0 aromatic rings. The van der Waals surface area contributed by atoms with Crippen molar-refractivity contribution in [3.8, 4) is 12.3 Å². The molecular formula is C8H12N2O. The summed E-state index contributed by atoms with van der Waals surface area (Å²) in [5.41, 5.74) is 0. The van der Waals surface area contributed by atoms with Crippen LogP contribution in [0.3, 0.4) is 0 Å². The van der Waals surface area contributed by atoms with E-state index in [9.17, 15) is 4.79 Å². The lowest BCUT2D eigenvalue weighted by Crippen LogP contribution is -2.33. The van der Waals surface area contributed by atoms with Crippen molar-refractivity contribution in [2.24, 2.45) is 0 Å². The fourth-order valence-electron chi connectivity index (χ4n) is 1.30. The molecule has 0 aromatic carbocycles. The van der Waals surface area contributed by atoms with Crippen LogP contribution in [0.1, 0.15) is 6.92 Å². The lowest BCUT2D eigenvalue weighted by Gasteiger charge is -2.16. The fourth-order valence-corrected chi connectivity index (χ4v) is 1.30.